The van der Waals surface area contributed by atoms with Gasteiger partial charge in [0.1, 0.15) is 0 Å². The lowest BCUT2D eigenvalue weighted by molar-refractivity contribution is 0.0964. The van der Waals surface area contributed by atoms with Gasteiger partial charge >= 0.3 is 0 Å². The highest BCUT2D eigenvalue weighted by Crippen LogP contribution is 2.31. The van der Waals surface area contributed by atoms with Crippen LogP contribution < -0.4 is 5.32 Å². The van der Waals surface area contributed by atoms with E-state index in [-0.39, 0.29) is 0 Å². The van der Waals surface area contributed by atoms with Crippen molar-refractivity contribution < 1.29 is 0 Å². The highest BCUT2D eigenvalue weighted by molar-refractivity contribution is 4.85. The van der Waals surface area contributed by atoms with Crippen LogP contribution in [-0.2, 0) is 0 Å². The lowest BCUT2D eigenvalue weighted by atomic mass is 9.83. The zero-order valence-corrected chi connectivity index (χ0v) is 11.8. The van der Waals surface area contributed by atoms with Crippen LogP contribution in [0.1, 0.15) is 58.8 Å². The molecule has 0 radical (unpaired) electrons. The fourth-order valence-electron chi connectivity index (χ4n) is 3.72. The molecular weight excluding hydrogens is 208 g/mol. The lowest BCUT2D eigenvalue weighted by Crippen LogP contribution is -2.47. The summed E-state index contributed by atoms with van der Waals surface area (Å²) >= 11 is 0. The number of nitrogens with zero attached hydrogens (tertiary/aromatic N) is 1. The molecule has 1 saturated heterocycles. The van der Waals surface area contributed by atoms with Gasteiger partial charge in [0.25, 0.3) is 0 Å². The molecule has 2 atom stereocenters. The average molecular weight is 238 g/mol. The minimum absolute atomic E-state index is 0.793. The molecule has 100 valence electrons. The molecule has 2 heteroatoms. The van der Waals surface area contributed by atoms with Crippen LogP contribution in [0.4, 0.5) is 0 Å². The van der Waals surface area contributed by atoms with Crippen LogP contribution in [0.15, 0.2) is 0 Å². The summed E-state index contributed by atoms with van der Waals surface area (Å²) in [5.41, 5.74) is 0. The van der Waals surface area contributed by atoms with Crippen LogP contribution in [0, 0.1) is 5.92 Å². The van der Waals surface area contributed by atoms with Gasteiger partial charge in [-0.2, -0.15) is 0 Å². The molecule has 0 spiro atoms. The maximum absolute atomic E-state index is 3.60. The van der Waals surface area contributed by atoms with E-state index in [0.717, 1.165) is 24.5 Å². The van der Waals surface area contributed by atoms with E-state index in [1.807, 2.05) is 0 Å². The Bertz CT molecular complexity index is 209. The van der Waals surface area contributed by atoms with Gasteiger partial charge in [0.05, 0.1) is 0 Å². The van der Waals surface area contributed by atoms with Crippen molar-refractivity contribution in [3.05, 3.63) is 0 Å². The first-order valence-electron chi connectivity index (χ1n) is 7.80. The maximum Gasteiger partial charge on any atom is 0.00979 e. The van der Waals surface area contributed by atoms with Crippen molar-refractivity contribution in [2.45, 2.75) is 70.9 Å². The summed E-state index contributed by atoms with van der Waals surface area (Å²) < 4.78 is 0. The predicted octanol–water partition coefficient (Wildman–Crippen LogP) is 3.03. The minimum Gasteiger partial charge on any atom is -0.314 e. The average Bonchev–Trinajstić information content (AvgIpc) is 2.40. The Morgan fingerprint density at radius 3 is 2.47 bits per heavy atom. The molecule has 2 nitrogen and oxygen atoms in total. The van der Waals surface area contributed by atoms with Gasteiger partial charge in [-0.25, -0.2) is 0 Å². The van der Waals surface area contributed by atoms with Gasteiger partial charge in [-0.3, -0.25) is 0 Å². The van der Waals surface area contributed by atoms with E-state index in [0.29, 0.717) is 0 Å². The molecule has 0 amide bonds. The normalized spacial score (nSPS) is 32.8. The lowest BCUT2D eigenvalue weighted by Gasteiger charge is -2.41. The van der Waals surface area contributed by atoms with Crippen LogP contribution in [-0.4, -0.2) is 36.6 Å². The van der Waals surface area contributed by atoms with Crippen molar-refractivity contribution in [1.82, 2.24) is 10.2 Å². The van der Waals surface area contributed by atoms with Gasteiger partial charge < -0.3 is 10.2 Å². The SMILES string of the molecule is CCNC1CCN(C2CCCC(CC)C2)CC1. The van der Waals surface area contributed by atoms with E-state index < -0.39 is 0 Å². The Balaban J connectivity index is 1.76. The molecule has 1 N–H and O–H groups in total. The van der Waals surface area contributed by atoms with Crippen molar-refractivity contribution >= 4 is 0 Å². The highest BCUT2D eigenvalue weighted by atomic mass is 15.2. The van der Waals surface area contributed by atoms with Gasteiger partial charge in [0.2, 0.25) is 0 Å². The van der Waals surface area contributed by atoms with Crippen LogP contribution in [0.5, 0.6) is 0 Å². The number of hydrogen-bond donors (Lipinski definition) is 1. The number of likely N-dealkylation sites (tertiary alicyclic amines) is 1. The van der Waals surface area contributed by atoms with E-state index in [1.54, 1.807) is 0 Å². The first-order chi connectivity index (χ1) is 8.33. The first-order valence-corrected chi connectivity index (χ1v) is 7.80. The second-order valence-electron chi connectivity index (χ2n) is 5.96. The Morgan fingerprint density at radius 1 is 1.06 bits per heavy atom. The fourth-order valence-corrected chi connectivity index (χ4v) is 3.72. The Hall–Kier alpha value is -0.0800. The zero-order chi connectivity index (χ0) is 12.1. The summed E-state index contributed by atoms with van der Waals surface area (Å²) in [6.45, 7) is 8.38. The molecule has 0 aromatic carbocycles. The van der Waals surface area contributed by atoms with Gasteiger partial charge in [-0.1, -0.05) is 33.1 Å². The second-order valence-corrected chi connectivity index (χ2v) is 5.96. The number of hydrogen-bond acceptors (Lipinski definition) is 2. The second kappa shape index (κ2) is 6.75. The molecule has 2 fully saturated rings. The summed E-state index contributed by atoms with van der Waals surface area (Å²) in [5, 5.41) is 3.60. The monoisotopic (exact) mass is 238 g/mol. The summed E-state index contributed by atoms with van der Waals surface area (Å²) in [6.07, 6.45) is 10.0. The highest BCUT2D eigenvalue weighted by Gasteiger charge is 2.28. The van der Waals surface area contributed by atoms with E-state index in [1.165, 1.54) is 58.0 Å². The molecule has 0 aromatic rings. The Kier molecular flexibility index (Phi) is 5.30. The third-order valence-corrected chi connectivity index (χ3v) is 4.87. The number of nitrogens with one attached hydrogen (secondary N) is 1. The third kappa shape index (κ3) is 3.69. The molecule has 0 aromatic heterocycles. The topological polar surface area (TPSA) is 15.3 Å². The molecule has 1 aliphatic heterocycles. The molecular formula is C15H30N2. The number of rotatable bonds is 4. The van der Waals surface area contributed by atoms with Gasteiger partial charge in [0, 0.05) is 12.1 Å². The summed E-state index contributed by atoms with van der Waals surface area (Å²) in [6, 6.07) is 1.71. The maximum atomic E-state index is 3.60. The quantitative estimate of drug-likeness (QED) is 0.810. The molecule has 1 aliphatic carbocycles. The first kappa shape index (κ1) is 13.4. The van der Waals surface area contributed by atoms with E-state index >= 15 is 0 Å². The van der Waals surface area contributed by atoms with Crippen LogP contribution in [0.3, 0.4) is 0 Å². The van der Waals surface area contributed by atoms with Crippen LogP contribution >= 0.6 is 0 Å². The van der Waals surface area contributed by atoms with Crippen molar-refractivity contribution in [3.63, 3.8) is 0 Å². The Labute approximate surface area is 107 Å². The van der Waals surface area contributed by atoms with Crippen molar-refractivity contribution in [1.29, 1.82) is 0 Å². The number of piperidine rings is 1. The summed E-state index contributed by atoms with van der Waals surface area (Å²) in [5.74, 6) is 1.01. The molecule has 1 saturated carbocycles. The van der Waals surface area contributed by atoms with Crippen molar-refractivity contribution in [2.24, 2.45) is 5.92 Å². The van der Waals surface area contributed by atoms with Crippen molar-refractivity contribution in [2.75, 3.05) is 19.6 Å². The molecule has 2 rings (SSSR count). The predicted molar refractivity (Wildman–Crippen MR) is 74.3 cm³/mol. The largest absolute Gasteiger partial charge is 0.314 e. The molecule has 0 bridgehead atoms. The summed E-state index contributed by atoms with van der Waals surface area (Å²) in [4.78, 5) is 2.79. The van der Waals surface area contributed by atoms with E-state index in [4.69, 9.17) is 0 Å². The van der Waals surface area contributed by atoms with Crippen LogP contribution in [0.25, 0.3) is 0 Å². The Morgan fingerprint density at radius 2 is 1.82 bits per heavy atom. The molecule has 17 heavy (non-hydrogen) atoms. The van der Waals surface area contributed by atoms with E-state index in [9.17, 15) is 0 Å². The minimum atomic E-state index is 0.793. The smallest absolute Gasteiger partial charge is 0.00979 e. The van der Waals surface area contributed by atoms with Crippen LogP contribution in [0.2, 0.25) is 0 Å². The fraction of sp³-hybridized carbons (Fsp3) is 1.00. The summed E-state index contributed by atoms with van der Waals surface area (Å²) in [7, 11) is 0. The standard InChI is InChI=1S/C15H30N2/c1-3-13-6-5-7-15(12-13)17-10-8-14(9-11-17)16-4-2/h13-16H,3-12H2,1-2H3. The zero-order valence-electron chi connectivity index (χ0n) is 11.8. The molecule has 2 unspecified atom stereocenters. The van der Waals surface area contributed by atoms with E-state index in [2.05, 4.69) is 24.1 Å². The molecule has 1 heterocycles. The van der Waals surface area contributed by atoms with Gasteiger partial charge in [-0.05, 0) is 51.2 Å². The van der Waals surface area contributed by atoms with Gasteiger partial charge in [-0.15, -0.1) is 0 Å². The third-order valence-electron chi connectivity index (χ3n) is 4.87. The molecule has 2 aliphatic rings. The van der Waals surface area contributed by atoms with Gasteiger partial charge in [0.15, 0.2) is 0 Å². The van der Waals surface area contributed by atoms with Crippen molar-refractivity contribution in [3.8, 4) is 0 Å².